The second-order valence-corrected chi connectivity index (χ2v) is 7.90. The van der Waals surface area contributed by atoms with Crippen LogP contribution >= 0.6 is 11.6 Å². The summed E-state index contributed by atoms with van der Waals surface area (Å²) in [6.07, 6.45) is 5.32. The van der Waals surface area contributed by atoms with Crippen LogP contribution in [-0.2, 0) is 16.6 Å². The molecule has 2 aromatic carbocycles. The first-order valence-corrected chi connectivity index (χ1v) is 9.26. The Morgan fingerprint density at radius 2 is 1.76 bits per heavy atom. The van der Waals surface area contributed by atoms with E-state index in [9.17, 15) is 9.90 Å². The molecule has 1 spiro atoms. The Morgan fingerprint density at radius 3 is 2.48 bits per heavy atom. The van der Waals surface area contributed by atoms with Crippen LogP contribution in [0, 0.1) is 0 Å². The molecule has 1 fully saturated rings. The van der Waals surface area contributed by atoms with E-state index in [2.05, 4.69) is 29.6 Å². The summed E-state index contributed by atoms with van der Waals surface area (Å²) in [4.78, 5) is 12.1. The maximum Gasteiger partial charge on any atom is 0.329 e. The number of nitrogens with one attached hydrogen (secondary N) is 1. The highest BCUT2D eigenvalue weighted by Crippen LogP contribution is 2.51. The number of hydrogen-bond donors (Lipinski definition) is 2. The van der Waals surface area contributed by atoms with E-state index in [0.29, 0.717) is 17.9 Å². The van der Waals surface area contributed by atoms with Crippen molar-refractivity contribution in [2.24, 2.45) is 0 Å². The molecule has 4 heteroatoms. The lowest BCUT2D eigenvalue weighted by molar-refractivity contribution is -0.144. The molecule has 2 aliphatic carbocycles. The fraction of sp³-hybridized carbons (Fsp3) is 0.381. The molecule has 0 saturated heterocycles. The summed E-state index contributed by atoms with van der Waals surface area (Å²) in [7, 11) is 0. The van der Waals surface area contributed by atoms with Crippen molar-refractivity contribution >= 4 is 23.3 Å². The maximum atomic E-state index is 12.1. The molecular weight excluding hydrogens is 334 g/mol. The van der Waals surface area contributed by atoms with Crippen molar-refractivity contribution in [3.8, 4) is 0 Å². The number of anilines is 1. The molecule has 0 heterocycles. The normalized spacial score (nSPS) is 27.9. The molecule has 25 heavy (non-hydrogen) atoms. The van der Waals surface area contributed by atoms with Crippen LogP contribution in [0.25, 0.3) is 0 Å². The molecule has 2 N–H and O–H groups in total. The van der Waals surface area contributed by atoms with Crippen LogP contribution in [-0.4, -0.2) is 16.6 Å². The van der Waals surface area contributed by atoms with E-state index in [0.717, 1.165) is 31.4 Å². The van der Waals surface area contributed by atoms with Crippen molar-refractivity contribution < 1.29 is 9.90 Å². The van der Waals surface area contributed by atoms with E-state index in [-0.39, 0.29) is 5.41 Å². The van der Waals surface area contributed by atoms with E-state index >= 15 is 0 Å². The Bertz CT molecular complexity index is 809. The molecule has 3 nitrogen and oxygen atoms in total. The minimum absolute atomic E-state index is 0.158. The number of carboxylic acids is 1. The third kappa shape index (κ3) is 2.81. The van der Waals surface area contributed by atoms with Gasteiger partial charge in [-0.15, -0.1) is 0 Å². The van der Waals surface area contributed by atoms with Gasteiger partial charge in [-0.1, -0.05) is 41.9 Å². The number of carbonyl (C=O) groups is 1. The Balaban J connectivity index is 1.59. The van der Waals surface area contributed by atoms with Crippen LogP contribution in [0.1, 0.15) is 43.2 Å². The van der Waals surface area contributed by atoms with Gasteiger partial charge in [-0.2, -0.15) is 0 Å². The zero-order chi connectivity index (χ0) is 17.5. The van der Waals surface area contributed by atoms with Gasteiger partial charge in [0.05, 0.1) is 0 Å². The zero-order valence-electron chi connectivity index (χ0n) is 14.1. The highest BCUT2D eigenvalue weighted by molar-refractivity contribution is 6.30. The predicted octanol–water partition coefficient (Wildman–Crippen LogP) is 5.03. The number of carboxylic acid groups (broad SMARTS) is 1. The summed E-state index contributed by atoms with van der Waals surface area (Å²) in [6.45, 7) is 0. The average Bonchev–Trinajstić information content (AvgIpc) is 2.96. The second-order valence-electron chi connectivity index (χ2n) is 7.46. The van der Waals surface area contributed by atoms with Crippen LogP contribution < -0.4 is 5.32 Å². The topological polar surface area (TPSA) is 49.3 Å². The lowest BCUT2D eigenvalue weighted by Gasteiger charge is -2.44. The van der Waals surface area contributed by atoms with Gasteiger partial charge in [-0.3, -0.25) is 0 Å². The molecule has 0 unspecified atom stereocenters. The molecular formula is C21H22ClNO2. The molecule has 0 atom stereocenters. The lowest BCUT2D eigenvalue weighted by atomic mass is 9.64. The van der Waals surface area contributed by atoms with E-state index in [1.165, 1.54) is 11.1 Å². The largest absolute Gasteiger partial charge is 0.480 e. The van der Waals surface area contributed by atoms with E-state index in [1.54, 1.807) is 12.1 Å². The van der Waals surface area contributed by atoms with E-state index in [1.807, 2.05) is 12.1 Å². The molecule has 2 aliphatic rings. The van der Waals surface area contributed by atoms with Crippen molar-refractivity contribution in [2.75, 3.05) is 5.32 Å². The number of fused-ring (bicyclic) bond motifs is 2. The molecule has 4 rings (SSSR count). The minimum atomic E-state index is -0.909. The SMILES string of the molecule is O=C(O)C1(Nc2cccc(Cl)c2)CCC2(CCc3ccccc32)CC1. The molecule has 0 bridgehead atoms. The van der Waals surface area contributed by atoms with Crippen molar-refractivity contribution in [1.82, 2.24) is 0 Å². The summed E-state index contributed by atoms with van der Waals surface area (Å²) < 4.78 is 0. The monoisotopic (exact) mass is 355 g/mol. The van der Waals surface area contributed by atoms with Crippen molar-refractivity contribution in [3.05, 3.63) is 64.7 Å². The number of hydrogen-bond acceptors (Lipinski definition) is 2. The molecule has 0 amide bonds. The lowest BCUT2D eigenvalue weighted by Crippen LogP contribution is -2.51. The quantitative estimate of drug-likeness (QED) is 0.811. The molecule has 0 radical (unpaired) electrons. The fourth-order valence-corrected chi connectivity index (χ4v) is 4.86. The molecule has 2 aromatic rings. The Morgan fingerprint density at radius 1 is 1.00 bits per heavy atom. The van der Waals surface area contributed by atoms with Gasteiger partial charge in [0.2, 0.25) is 0 Å². The van der Waals surface area contributed by atoms with Crippen molar-refractivity contribution in [2.45, 2.75) is 49.5 Å². The molecule has 0 aliphatic heterocycles. The van der Waals surface area contributed by atoms with E-state index < -0.39 is 11.5 Å². The van der Waals surface area contributed by atoms with Crippen molar-refractivity contribution in [3.63, 3.8) is 0 Å². The second kappa shape index (κ2) is 6.06. The zero-order valence-corrected chi connectivity index (χ0v) is 14.9. The minimum Gasteiger partial charge on any atom is -0.480 e. The highest BCUT2D eigenvalue weighted by Gasteiger charge is 2.49. The average molecular weight is 356 g/mol. The van der Waals surface area contributed by atoms with Gasteiger partial charge in [0, 0.05) is 10.7 Å². The first-order chi connectivity index (χ1) is 12.0. The highest BCUT2D eigenvalue weighted by atomic mass is 35.5. The Hall–Kier alpha value is -2.00. The first-order valence-electron chi connectivity index (χ1n) is 8.89. The van der Waals surface area contributed by atoms with Crippen LogP contribution in [0.2, 0.25) is 5.02 Å². The number of benzene rings is 2. The maximum absolute atomic E-state index is 12.1. The summed E-state index contributed by atoms with van der Waals surface area (Å²) >= 11 is 6.05. The summed E-state index contributed by atoms with van der Waals surface area (Å²) in [5.74, 6) is -0.770. The van der Waals surface area contributed by atoms with Gasteiger partial charge in [0.25, 0.3) is 0 Å². The standard InChI is InChI=1S/C21H22ClNO2/c22-16-5-3-6-17(14-16)23-21(19(24)25)12-10-20(11-13-21)9-8-15-4-1-2-7-18(15)20/h1-7,14,23H,8-13H2,(H,24,25). The Labute approximate surface area is 153 Å². The molecule has 130 valence electrons. The van der Waals surface area contributed by atoms with Crippen LogP contribution in [0.15, 0.2) is 48.5 Å². The number of aryl methyl sites for hydroxylation is 1. The third-order valence-corrected chi connectivity index (χ3v) is 6.37. The number of aliphatic carboxylic acids is 1. The van der Waals surface area contributed by atoms with Gasteiger partial charge in [-0.05, 0) is 73.3 Å². The first kappa shape index (κ1) is 16.5. The number of rotatable bonds is 3. The fourth-order valence-electron chi connectivity index (χ4n) is 4.67. The summed E-state index contributed by atoms with van der Waals surface area (Å²) in [5, 5.41) is 13.8. The van der Waals surface area contributed by atoms with Gasteiger partial charge < -0.3 is 10.4 Å². The van der Waals surface area contributed by atoms with Crippen molar-refractivity contribution in [1.29, 1.82) is 0 Å². The van der Waals surface area contributed by atoms with Gasteiger partial charge in [-0.25, -0.2) is 4.79 Å². The van der Waals surface area contributed by atoms with Crippen LogP contribution in [0.4, 0.5) is 5.69 Å². The molecule has 1 saturated carbocycles. The smallest absolute Gasteiger partial charge is 0.329 e. The van der Waals surface area contributed by atoms with Gasteiger partial charge in [0.1, 0.15) is 5.54 Å². The predicted molar refractivity (Wildman–Crippen MR) is 100 cm³/mol. The van der Waals surface area contributed by atoms with Gasteiger partial charge >= 0.3 is 5.97 Å². The summed E-state index contributed by atoms with van der Waals surface area (Å²) in [5.41, 5.74) is 2.90. The Kier molecular flexibility index (Phi) is 3.99. The third-order valence-electron chi connectivity index (χ3n) is 6.14. The van der Waals surface area contributed by atoms with Crippen LogP contribution in [0.5, 0.6) is 0 Å². The summed E-state index contributed by atoms with van der Waals surface area (Å²) in [6, 6.07) is 16.0. The molecule has 0 aromatic heterocycles. The number of halogens is 1. The van der Waals surface area contributed by atoms with E-state index in [4.69, 9.17) is 11.6 Å². The van der Waals surface area contributed by atoms with Crippen LogP contribution in [0.3, 0.4) is 0 Å². The van der Waals surface area contributed by atoms with Gasteiger partial charge in [0.15, 0.2) is 0 Å².